The zero-order chi connectivity index (χ0) is 15.2. The summed E-state index contributed by atoms with van der Waals surface area (Å²) in [4.78, 5) is 16.0. The van der Waals surface area contributed by atoms with E-state index in [1.54, 1.807) is 12.1 Å². The molecule has 0 radical (unpaired) electrons. The van der Waals surface area contributed by atoms with Crippen LogP contribution in [0.4, 0.5) is 4.39 Å². The van der Waals surface area contributed by atoms with E-state index in [0.29, 0.717) is 13.0 Å². The molecule has 0 N–H and O–H groups in total. The molecule has 1 aliphatic rings. The molecule has 1 atom stereocenters. The summed E-state index contributed by atoms with van der Waals surface area (Å²) in [7, 11) is 1.85. The Balaban J connectivity index is 1.96. The van der Waals surface area contributed by atoms with Crippen LogP contribution >= 0.6 is 0 Å². The Morgan fingerprint density at radius 1 is 1.52 bits per heavy atom. The lowest BCUT2D eigenvalue weighted by Gasteiger charge is -2.37. The minimum absolute atomic E-state index is 0.0998. The molecule has 1 unspecified atom stereocenters. The maximum Gasteiger partial charge on any atom is 0.226 e. The van der Waals surface area contributed by atoms with E-state index in [4.69, 9.17) is 0 Å². The van der Waals surface area contributed by atoms with Crippen LogP contribution in [0.5, 0.6) is 0 Å². The largest absolute Gasteiger partial charge is 0.341 e. The molecule has 0 aromatic heterocycles. The zero-order valence-corrected chi connectivity index (χ0v) is 12.6. The first-order valence-corrected chi connectivity index (χ1v) is 7.44. The van der Waals surface area contributed by atoms with Gasteiger partial charge in [-0.1, -0.05) is 24.3 Å². The summed E-state index contributed by atoms with van der Waals surface area (Å²) in [5.41, 5.74) is 0.721. The van der Waals surface area contributed by atoms with Crippen LogP contribution in [-0.4, -0.2) is 41.9 Å². The summed E-state index contributed by atoms with van der Waals surface area (Å²) in [5.74, 6) is -0.0570. The standard InChI is InChI=1S/C17H23FN2O/c1-3-7-17(21)19(2)15-9-6-11-20(13-15)12-14-8-4-5-10-16(14)18/h3-5,8,10,15H,1,6-7,9,11-13H2,2H3. The normalized spacial score (nSPS) is 19.2. The number of rotatable bonds is 5. The Bertz CT molecular complexity index is 503. The molecule has 1 aliphatic heterocycles. The van der Waals surface area contributed by atoms with Crippen LogP contribution in [0.25, 0.3) is 0 Å². The van der Waals surface area contributed by atoms with Crippen molar-refractivity contribution in [3.8, 4) is 0 Å². The van der Waals surface area contributed by atoms with Crippen LogP contribution in [0.2, 0.25) is 0 Å². The molecule has 1 fully saturated rings. The van der Waals surface area contributed by atoms with Gasteiger partial charge in [-0.15, -0.1) is 6.58 Å². The summed E-state index contributed by atoms with van der Waals surface area (Å²) < 4.78 is 13.7. The second-order valence-electron chi connectivity index (χ2n) is 5.62. The van der Waals surface area contributed by atoms with Gasteiger partial charge in [-0.3, -0.25) is 9.69 Å². The fourth-order valence-electron chi connectivity index (χ4n) is 2.83. The Morgan fingerprint density at radius 2 is 2.29 bits per heavy atom. The average Bonchev–Trinajstić information content (AvgIpc) is 2.49. The first kappa shape index (κ1) is 15.7. The summed E-state index contributed by atoms with van der Waals surface area (Å²) in [6.07, 6.45) is 4.05. The lowest BCUT2D eigenvalue weighted by molar-refractivity contribution is -0.132. The van der Waals surface area contributed by atoms with Gasteiger partial charge >= 0.3 is 0 Å². The third-order valence-corrected chi connectivity index (χ3v) is 4.09. The number of benzene rings is 1. The number of piperidine rings is 1. The molecule has 0 bridgehead atoms. The molecule has 4 heteroatoms. The van der Waals surface area contributed by atoms with Crippen LogP contribution in [0.15, 0.2) is 36.9 Å². The predicted molar refractivity (Wildman–Crippen MR) is 82.3 cm³/mol. The van der Waals surface area contributed by atoms with Crippen LogP contribution < -0.4 is 0 Å². The van der Waals surface area contributed by atoms with E-state index in [0.717, 1.165) is 31.5 Å². The van der Waals surface area contributed by atoms with E-state index >= 15 is 0 Å². The quantitative estimate of drug-likeness (QED) is 0.779. The van der Waals surface area contributed by atoms with Crippen molar-refractivity contribution in [2.24, 2.45) is 0 Å². The highest BCUT2D eigenvalue weighted by Crippen LogP contribution is 2.19. The Labute approximate surface area is 126 Å². The van der Waals surface area contributed by atoms with Gasteiger partial charge in [0.1, 0.15) is 5.82 Å². The number of likely N-dealkylation sites (tertiary alicyclic amines) is 1. The first-order chi connectivity index (χ1) is 10.1. The molecular weight excluding hydrogens is 267 g/mol. The Kier molecular flexibility index (Phi) is 5.51. The molecule has 114 valence electrons. The number of hydrogen-bond donors (Lipinski definition) is 0. The summed E-state index contributed by atoms with van der Waals surface area (Å²) in [6.45, 7) is 5.96. The summed E-state index contributed by atoms with van der Waals surface area (Å²) in [5, 5.41) is 0. The monoisotopic (exact) mass is 290 g/mol. The van der Waals surface area contributed by atoms with Gasteiger partial charge in [0.2, 0.25) is 5.91 Å². The molecule has 1 saturated heterocycles. The molecule has 1 aromatic carbocycles. The van der Waals surface area contributed by atoms with Gasteiger partial charge in [-0.25, -0.2) is 4.39 Å². The van der Waals surface area contributed by atoms with Crippen LogP contribution in [-0.2, 0) is 11.3 Å². The predicted octanol–water partition coefficient (Wildman–Crippen LogP) is 2.82. The third-order valence-electron chi connectivity index (χ3n) is 4.09. The van der Waals surface area contributed by atoms with Crippen molar-refractivity contribution in [1.82, 2.24) is 9.80 Å². The summed E-state index contributed by atoms with van der Waals surface area (Å²) >= 11 is 0. The van der Waals surface area contributed by atoms with Crippen LogP contribution in [0.1, 0.15) is 24.8 Å². The highest BCUT2D eigenvalue weighted by Gasteiger charge is 2.25. The molecule has 1 heterocycles. The molecule has 0 spiro atoms. The first-order valence-electron chi connectivity index (χ1n) is 7.44. The SMILES string of the molecule is C=CCC(=O)N(C)C1CCCN(Cc2ccccc2F)C1. The lowest BCUT2D eigenvalue weighted by Crippen LogP contribution is -2.48. The van der Waals surface area contributed by atoms with E-state index in [2.05, 4.69) is 11.5 Å². The number of hydrogen-bond acceptors (Lipinski definition) is 2. The van der Waals surface area contributed by atoms with Gasteiger partial charge < -0.3 is 4.90 Å². The highest BCUT2D eigenvalue weighted by atomic mass is 19.1. The molecule has 0 aliphatic carbocycles. The van der Waals surface area contributed by atoms with Gasteiger partial charge in [-0.05, 0) is 25.5 Å². The van der Waals surface area contributed by atoms with E-state index in [-0.39, 0.29) is 17.8 Å². The molecule has 3 nitrogen and oxygen atoms in total. The number of nitrogens with zero attached hydrogens (tertiary/aromatic N) is 2. The van der Waals surface area contributed by atoms with Crippen molar-refractivity contribution in [3.05, 3.63) is 48.3 Å². The van der Waals surface area contributed by atoms with Crippen molar-refractivity contribution < 1.29 is 9.18 Å². The number of carbonyl (C=O) groups excluding carboxylic acids is 1. The smallest absolute Gasteiger partial charge is 0.226 e. The highest BCUT2D eigenvalue weighted by molar-refractivity contribution is 5.77. The molecule has 21 heavy (non-hydrogen) atoms. The number of halogens is 1. The van der Waals surface area contributed by atoms with Gasteiger partial charge in [0.15, 0.2) is 0 Å². The molecular formula is C17H23FN2O. The van der Waals surface area contributed by atoms with Crippen molar-refractivity contribution in [2.45, 2.75) is 31.8 Å². The molecule has 1 amide bonds. The second kappa shape index (κ2) is 7.36. The number of carbonyl (C=O) groups is 1. The fraction of sp³-hybridized carbons (Fsp3) is 0.471. The molecule has 2 rings (SSSR count). The zero-order valence-electron chi connectivity index (χ0n) is 12.6. The topological polar surface area (TPSA) is 23.6 Å². The van der Waals surface area contributed by atoms with E-state index in [1.807, 2.05) is 24.1 Å². The lowest BCUT2D eigenvalue weighted by atomic mass is 10.0. The fourth-order valence-corrected chi connectivity index (χ4v) is 2.83. The van der Waals surface area contributed by atoms with Crippen LogP contribution in [0, 0.1) is 5.82 Å². The maximum absolute atomic E-state index is 13.7. The van der Waals surface area contributed by atoms with Gasteiger partial charge in [0, 0.05) is 38.2 Å². The average molecular weight is 290 g/mol. The van der Waals surface area contributed by atoms with Crippen LogP contribution in [0.3, 0.4) is 0 Å². The molecule has 0 saturated carbocycles. The minimum atomic E-state index is -0.157. The van der Waals surface area contributed by atoms with Crippen molar-refractivity contribution >= 4 is 5.91 Å². The maximum atomic E-state index is 13.7. The van der Waals surface area contributed by atoms with E-state index < -0.39 is 0 Å². The van der Waals surface area contributed by atoms with Gasteiger partial charge in [0.25, 0.3) is 0 Å². The van der Waals surface area contributed by atoms with E-state index in [1.165, 1.54) is 6.07 Å². The summed E-state index contributed by atoms with van der Waals surface area (Å²) in [6, 6.07) is 7.10. The number of amides is 1. The third kappa shape index (κ3) is 4.14. The van der Waals surface area contributed by atoms with Gasteiger partial charge in [0.05, 0.1) is 0 Å². The van der Waals surface area contributed by atoms with Gasteiger partial charge in [-0.2, -0.15) is 0 Å². The van der Waals surface area contributed by atoms with Crippen molar-refractivity contribution in [3.63, 3.8) is 0 Å². The molecule has 1 aromatic rings. The van der Waals surface area contributed by atoms with E-state index in [9.17, 15) is 9.18 Å². The van der Waals surface area contributed by atoms with Crippen molar-refractivity contribution in [1.29, 1.82) is 0 Å². The Morgan fingerprint density at radius 3 is 3.00 bits per heavy atom. The number of likely N-dealkylation sites (N-methyl/N-ethyl adjacent to an activating group) is 1. The second-order valence-corrected chi connectivity index (χ2v) is 5.62. The minimum Gasteiger partial charge on any atom is -0.341 e. The Hall–Kier alpha value is -1.68. The van der Waals surface area contributed by atoms with Crippen molar-refractivity contribution in [2.75, 3.05) is 20.1 Å².